The van der Waals surface area contributed by atoms with Gasteiger partial charge in [0.05, 0.1) is 0 Å². The minimum Gasteiger partial charge on any atom is -0.355 e. The van der Waals surface area contributed by atoms with E-state index in [0.29, 0.717) is 12.1 Å². The Bertz CT molecular complexity index is 798. The molecule has 1 N–H and O–H groups in total. The third kappa shape index (κ3) is 5.14. The molecule has 30 heavy (non-hydrogen) atoms. The van der Waals surface area contributed by atoms with E-state index in [1.54, 1.807) is 0 Å². The van der Waals surface area contributed by atoms with E-state index < -0.39 is 0 Å². The molecule has 3 heteroatoms. The van der Waals surface area contributed by atoms with Crippen LogP contribution < -0.4 is 5.32 Å². The van der Waals surface area contributed by atoms with Gasteiger partial charge in [0.1, 0.15) is 0 Å². The molecule has 2 heterocycles. The quantitative estimate of drug-likeness (QED) is 0.628. The number of hydrogen-bond donors (Lipinski definition) is 1. The summed E-state index contributed by atoms with van der Waals surface area (Å²) >= 11 is 0. The molecule has 4 rings (SSSR count). The SMILES string of the molecule is CCN(C(C)C)C(C)C.CN1CCC2=C(CC1)c1ccccc1Nc1ccccc12. The average molecular weight is 406 g/mol. The number of nitrogens with zero attached hydrogens (tertiary/aromatic N) is 2. The number of benzene rings is 2. The predicted octanol–water partition coefficient (Wildman–Crippen LogP) is 6.51. The van der Waals surface area contributed by atoms with Crippen molar-refractivity contribution in [2.75, 3.05) is 32.0 Å². The molecule has 162 valence electrons. The van der Waals surface area contributed by atoms with Crippen LogP contribution in [0.5, 0.6) is 0 Å². The number of para-hydroxylation sites is 2. The van der Waals surface area contributed by atoms with Gasteiger partial charge in [0.2, 0.25) is 0 Å². The molecule has 0 atom stereocenters. The zero-order valence-electron chi connectivity index (χ0n) is 19.7. The van der Waals surface area contributed by atoms with Crippen LogP contribution in [0.15, 0.2) is 48.5 Å². The lowest BCUT2D eigenvalue weighted by molar-refractivity contribution is 0.185. The summed E-state index contributed by atoms with van der Waals surface area (Å²) in [5, 5.41) is 3.64. The molecule has 0 fully saturated rings. The van der Waals surface area contributed by atoms with Crippen molar-refractivity contribution < 1.29 is 0 Å². The highest BCUT2D eigenvalue weighted by molar-refractivity contribution is 6.00. The van der Waals surface area contributed by atoms with Crippen LogP contribution in [0.1, 0.15) is 58.6 Å². The Morgan fingerprint density at radius 1 is 0.800 bits per heavy atom. The lowest BCUT2D eigenvalue weighted by atomic mass is 9.91. The van der Waals surface area contributed by atoms with Gasteiger partial charge in [-0.2, -0.15) is 0 Å². The van der Waals surface area contributed by atoms with Crippen LogP contribution >= 0.6 is 0 Å². The van der Waals surface area contributed by atoms with Crippen molar-refractivity contribution in [3.63, 3.8) is 0 Å². The Morgan fingerprint density at radius 3 is 1.60 bits per heavy atom. The number of rotatable bonds is 3. The molecule has 0 saturated heterocycles. The molecule has 0 aliphatic carbocycles. The highest BCUT2D eigenvalue weighted by Crippen LogP contribution is 2.43. The van der Waals surface area contributed by atoms with Crippen molar-refractivity contribution in [3.05, 3.63) is 59.7 Å². The molecule has 0 unspecified atom stereocenters. The zero-order chi connectivity index (χ0) is 21.7. The average Bonchev–Trinajstić information content (AvgIpc) is 2.98. The molecule has 0 aromatic heterocycles. The molecule has 0 radical (unpaired) electrons. The molecule has 0 saturated carbocycles. The summed E-state index contributed by atoms with van der Waals surface area (Å²) in [5.41, 5.74) is 8.26. The highest BCUT2D eigenvalue weighted by Gasteiger charge is 2.23. The van der Waals surface area contributed by atoms with E-state index in [0.717, 1.165) is 32.5 Å². The van der Waals surface area contributed by atoms with Gasteiger partial charge >= 0.3 is 0 Å². The summed E-state index contributed by atoms with van der Waals surface area (Å²) < 4.78 is 0. The van der Waals surface area contributed by atoms with Gasteiger partial charge in [-0.15, -0.1) is 0 Å². The van der Waals surface area contributed by atoms with Crippen molar-refractivity contribution in [1.29, 1.82) is 0 Å². The molecule has 2 aromatic rings. The Morgan fingerprint density at radius 2 is 1.23 bits per heavy atom. The zero-order valence-corrected chi connectivity index (χ0v) is 19.7. The smallest absolute Gasteiger partial charge is 0.0460 e. The van der Waals surface area contributed by atoms with Gasteiger partial charge < -0.3 is 10.2 Å². The number of anilines is 2. The van der Waals surface area contributed by atoms with Crippen LogP contribution in [0.25, 0.3) is 11.1 Å². The minimum atomic E-state index is 0.690. The fourth-order valence-corrected chi connectivity index (χ4v) is 4.80. The third-order valence-electron chi connectivity index (χ3n) is 6.32. The second-order valence-corrected chi connectivity index (χ2v) is 8.99. The van der Waals surface area contributed by atoms with Gasteiger partial charge in [-0.05, 0) is 77.4 Å². The van der Waals surface area contributed by atoms with Gasteiger partial charge in [0.15, 0.2) is 0 Å². The molecule has 3 nitrogen and oxygen atoms in total. The lowest BCUT2D eigenvalue weighted by Crippen LogP contribution is -2.36. The van der Waals surface area contributed by atoms with Gasteiger partial charge in [0.25, 0.3) is 0 Å². The molecule has 2 aliphatic rings. The van der Waals surface area contributed by atoms with Crippen molar-refractivity contribution >= 4 is 22.5 Å². The maximum Gasteiger partial charge on any atom is 0.0460 e. The lowest BCUT2D eigenvalue weighted by Gasteiger charge is -2.28. The monoisotopic (exact) mass is 405 g/mol. The highest BCUT2D eigenvalue weighted by atomic mass is 15.2. The van der Waals surface area contributed by atoms with Crippen molar-refractivity contribution in [1.82, 2.24) is 9.80 Å². The minimum absolute atomic E-state index is 0.690. The third-order valence-corrected chi connectivity index (χ3v) is 6.32. The molecule has 0 amide bonds. The summed E-state index contributed by atoms with van der Waals surface area (Å²) in [6, 6.07) is 18.8. The van der Waals surface area contributed by atoms with Gasteiger partial charge in [-0.25, -0.2) is 0 Å². The Kier molecular flexibility index (Phi) is 7.74. The summed E-state index contributed by atoms with van der Waals surface area (Å²) in [4.78, 5) is 4.90. The summed E-state index contributed by atoms with van der Waals surface area (Å²) in [7, 11) is 2.22. The summed E-state index contributed by atoms with van der Waals surface area (Å²) in [6.07, 6.45) is 2.25. The normalized spacial score (nSPS) is 16.2. The predicted molar refractivity (Wildman–Crippen MR) is 132 cm³/mol. The topological polar surface area (TPSA) is 18.5 Å². The number of hydrogen-bond acceptors (Lipinski definition) is 3. The van der Waals surface area contributed by atoms with E-state index in [1.165, 1.54) is 33.6 Å². The van der Waals surface area contributed by atoms with E-state index in [4.69, 9.17) is 0 Å². The van der Waals surface area contributed by atoms with Crippen LogP contribution in [-0.4, -0.2) is 48.6 Å². The van der Waals surface area contributed by atoms with Crippen LogP contribution in [-0.2, 0) is 0 Å². The maximum absolute atomic E-state index is 3.64. The standard InChI is InChI=1S/C19H20N2.C8H19N/c1-21-12-10-14-15(11-13-21)17-7-3-5-9-19(17)20-18-8-4-2-6-16(14)18;1-6-9(7(2)3)8(4)5/h2-9,20H,10-13H2,1H3;7-8H,6H2,1-5H3. The maximum atomic E-state index is 3.64. The summed E-state index contributed by atoms with van der Waals surface area (Å²) in [5.74, 6) is 0. The fraction of sp³-hybridized carbons (Fsp3) is 0.481. The van der Waals surface area contributed by atoms with Gasteiger partial charge in [-0.3, -0.25) is 4.90 Å². The molecule has 0 bridgehead atoms. The Balaban J connectivity index is 0.000000244. The fourth-order valence-electron chi connectivity index (χ4n) is 4.80. The second-order valence-electron chi connectivity index (χ2n) is 8.99. The van der Waals surface area contributed by atoms with Crippen LogP contribution in [0.2, 0.25) is 0 Å². The van der Waals surface area contributed by atoms with Crippen LogP contribution in [0.3, 0.4) is 0 Å². The van der Waals surface area contributed by atoms with E-state index in [2.05, 4.69) is 105 Å². The van der Waals surface area contributed by atoms with Crippen LogP contribution in [0.4, 0.5) is 11.4 Å². The molecular weight excluding hydrogens is 366 g/mol. The largest absolute Gasteiger partial charge is 0.355 e. The second kappa shape index (κ2) is 10.3. The molecule has 2 aliphatic heterocycles. The number of nitrogens with one attached hydrogen (secondary N) is 1. The first-order valence-electron chi connectivity index (χ1n) is 11.5. The van der Waals surface area contributed by atoms with E-state index in [-0.39, 0.29) is 0 Å². The molecular formula is C27H39N3. The molecule has 0 spiro atoms. The molecule has 2 aromatic carbocycles. The number of fused-ring (bicyclic) bond motifs is 4. The van der Waals surface area contributed by atoms with E-state index in [9.17, 15) is 0 Å². The van der Waals surface area contributed by atoms with E-state index in [1.807, 2.05) is 0 Å². The Labute approximate surface area is 183 Å². The Hall–Kier alpha value is -2.10. The van der Waals surface area contributed by atoms with Gasteiger partial charge in [0, 0.05) is 47.7 Å². The van der Waals surface area contributed by atoms with Crippen LogP contribution in [0, 0.1) is 0 Å². The van der Waals surface area contributed by atoms with E-state index >= 15 is 0 Å². The first-order valence-corrected chi connectivity index (χ1v) is 11.5. The van der Waals surface area contributed by atoms with Gasteiger partial charge in [-0.1, -0.05) is 43.3 Å². The summed E-state index contributed by atoms with van der Waals surface area (Å²) in [6.45, 7) is 14.6. The first-order chi connectivity index (χ1) is 14.4. The van der Waals surface area contributed by atoms with Crippen molar-refractivity contribution in [3.8, 4) is 0 Å². The van der Waals surface area contributed by atoms with Crippen molar-refractivity contribution in [2.24, 2.45) is 0 Å². The first kappa shape index (κ1) is 22.6. The van der Waals surface area contributed by atoms with Crippen molar-refractivity contribution in [2.45, 2.75) is 59.5 Å².